The van der Waals surface area contributed by atoms with Gasteiger partial charge in [0.15, 0.2) is 5.03 Å². The number of primary sulfonamides is 1. The molecule has 0 fully saturated rings. The van der Waals surface area contributed by atoms with E-state index in [9.17, 15) is 8.42 Å². The Morgan fingerprint density at radius 1 is 1.38 bits per heavy atom. The highest BCUT2D eigenvalue weighted by Crippen LogP contribution is 2.27. The molecular formula is C9H7BrN2O2S2. The van der Waals surface area contributed by atoms with Crippen molar-refractivity contribution in [1.82, 2.24) is 4.98 Å². The highest BCUT2D eigenvalue weighted by Gasteiger charge is 2.13. The van der Waals surface area contributed by atoms with E-state index in [0.29, 0.717) is 5.01 Å². The minimum atomic E-state index is -3.71. The number of halogens is 1. The van der Waals surface area contributed by atoms with Crippen LogP contribution < -0.4 is 5.14 Å². The standard InChI is InChI=1S/C9H7BrN2O2S2/c10-7-3-1-2-6(4-7)9-12-8(5-15-9)16(11,13)14/h1-5H,(H2,11,13,14). The lowest BCUT2D eigenvalue weighted by molar-refractivity contribution is 0.595. The molecule has 0 amide bonds. The molecular weight excluding hydrogens is 312 g/mol. The van der Waals surface area contributed by atoms with E-state index in [-0.39, 0.29) is 5.03 Å². The Morgan fingerprint density at radius 2 is 2.12 bits per heavy atom. The van der Waals surface area contributed by atoms with Crippen LogP contribution in [0.25, 0.3) is 10.6 Å². The van der Waals surface area contributed by atoms with Crippen LogP contribution in [0.3, 0.4) is 0 Å². The number of nitrogens with zero attached hydrogens (tertiary/aromatic N) is 1. The monoisotopic (exact) mass is 318 g/mol. The molecule has 0 saturated heterocycles. The van der Waals surface area contributed by atoms with Gasteiger partial charge >= 0.3 is 0 Å². The molecule has 1 heterocycles. The van der Waals surface area contributed by atoms with Crippen molar-refractivity contribution in [3.8, 4) is 10.6 Å². The van der Waals surface area contributed by atoms with Crippen molar-refractivity contribution in [2.24, 2.45) is 5.14 Å². The first kappa shape index (κ1) is 11.7. The number of nitrogens with two attached hydrogens (primary N) is 1. The molecule has 16 heavy (non-hydrogen) atoms. The van der Waals surface area contributed by atoms with Gasteiger partial charge in [-0.2, -0.15) is 0 Å². The van der Waals surface area contributed by atoms with E-state index in [1.807, 2.05) is 24.3 Å². The van der Waals surface area contributed by atoms with E-state index in [2.05, 4.69) is 20.9 Å². The number of aromatic nitrogens is 1. The summed E-state index contributed by atoms with van der Waals surface area (Å²) in [5, 5.41) is 6.96. The lowest BCUT2D eigenvalue weighted by Gasteiger charge is -1.96. The Bertz CT molecular complexity index is 622. The summed E-state index contributed by atoms with van der Waals surface area (Å²) < 4.78 is 23.0. The molecule has 0 saturated carbocycles. The van der Waals surface area contributed by atoms with Crippen molar-refractivity contribution in [1.29, 1.82) is 0 Å². The second-order valence-corrected chi connectivity index (χ2v) is 6.33. The zero-order valence-electron chi connectivity index (χ0n) is 7.92. The summed E-state index contributed by atoms with van der Waals surface area (Å²) in [5.74, 6) is 0. The molecule has 1 aromatic carbocycles. The van der Waals surface area contributed by atoms with Crippen LogP contribution in [0.2, 0.25) is 0 Å². The van der Waals surface area contributed by atoms with Crippen LogP contribution in [-0.2, 0) is 10.0 Å². The largest absolute Gasteiger partial charge is 0.256 e. The van der Waals surface area contributed by atoms with Gasteiger partial charge in [0.25, 0.3) is 10.0 Å². The lowest BCUT2D eigenvalue weighted by Crippen LogP contribution is -2.12. The molecule has 0 bridgehead atoms. The lowest BCUT2D eigenvalue weighted by atomic mass is 10.2. The van der Waals surface area contributed by atoms with Gasteiger partial charge in [0.05, 0.1) is 0 Å². The fraction of sp³-hybridized carbons (Fsp3) is 0. The molecule has 0 unspecified atom stereocenters. The van der Waals surface area contributed by atoms with Gasteiger partial charge in [0, 0.05) is 15.4 Å². The zero-order chi connectivity index (χ0) is 11.8. The summed E-state index contributed by atoms with van der Waals surface area (Å²) in [6.07, 6.45) is 0. The Morgan fingerprint density at radius 3 is 2.69 bits per heavy atom. The number of hydrogen-bond acceptors (Lipinski definition) is 4. The third kappa shape index (κ3) is 2.49. The average Bonchev–Trinajstić information content (AvgIpc) is 2.65. The van der Waals surface area contributed by atoms with Crippen molar-refractivity contribution < 1.29 is 8.42 Å². The Labute approximate surface area is 105 Å². The van der Waals surface area contributed by atoms with Crippen LogP contribution in [0.5, 0.6) is 0 Å². The first-order valence-corrected chi connectivity index (χ1v) is 7.43. The SMILES string of the molecule is NS(=O)(=O)c1csc(-c2cccc(Br)c2)n1. The molecule has 0 aliphatic carbocycles. The molecule has 0 aliphatic heterocycles. The van der Waals surface area contributed by atoms with Gasteiger partial charge in [-0.05, 0) is 12.1 Å². The summed E-state index contributed by atoms with van der Waals surface area (Å²) in [6.45, 7) is 0. The Kier molecular flexibility index (Phi) is 3.11. The maximum absolute atomic E-state index is 11.1. The quantitative estimate of drug-likeness (QED) is 0.922. The summed E-state index contributed by atoms with van der Waals surface area (Å²) in [4.78, 5) is 3.98. The second-order valence-electron chi connectivity index (χ2n) is 3.05. The number of thiazole rings is 1. The summed E-state index contributed by atoms with van der Waals surface area (Å²) >= 11 is 4.59. The van der Waals surface area contributed by atoms with Gasteiger partial charge in [0.1, 0.15) is 5.01 Å². The zero-order valence-corrected chi connectivity index (χ0v) is 11.1. The molecule has 7 heteroatoms. The fourth-order valence-corrected chi connectivity index (χ4v) is 3.18. The van der Waals surface area contributed by atoms with Gasteiger partial charge in [-0.25, -0.2) is 18.5 Å². The van der Waals surface area contributed by atoms with Gasteiger partial charge in [-0.3, -0.25) is 0 Å². The minimum Gasteiger partial charge on any atom is -0.223 e. The third-order valence-electron chi connectivity index (χ3n) is 1.85. The van der Waals surface area contributed by atoms with Gasteiger partial charge in [-0.15, -0.1) is 11.3 Å². The third-order valence-corrected chi connectivity index (χ3v) is 4.17. The van der Waals surface area contributed by atoms with Crippen molar-refractivity contribution in [2.45, 2.75) is 5.03 Å². The molecule has 0 atom stereocenters. The number of benzene rings is 1. The van der Waals surface area contributed by atoms with Gasteiger partial charge in [-0.1, -0.05) is 28.1 Å². The molecule has 2 aromatic rings. The number of rotatable bonds is 2. The van der Waals surface area contributed by atoms with E-state index >= 15 is 0 Å². The molecule has 84 valence electrons. The Balaban J connectivity index is 2.47. The van der Waals surface area contributed by atoms with E-state index < -0.39 is 10.0 Å². The van der Waals surface area contributed by atoms with Gasteiger partial charge in [0.2, 0.25) is 0 Å². The van der Waals surface area contributed by atoms with Crippen LogP contribution >= 0.6 is 27.3 Å². The van der Waals surface area contributed by atoms with Crippen LogP contribution in [0, 0.1) is 0 Å². The summed E-state index contributed by atoms with van der Waals surface area (Å²) in [6, 6.07) is 7.47. The predicted octanol–water partition coefficient (Wildman–Crippen LogP) is 2.22. The van der Waals surface area contributed by atoms with E-state index in [0.717, 1.165) is 10.0 Å². The first-order chi connectivity index (χ1) is 7.47. The molecule has 1 aromatic heterocycles. The summed E-state index contributed by atoms with van der Waals surface area (Å²) in [7, 11) is -3.71. The average molecular weight is 319 g/mol. The highest BCUT2D eigenvalue weighted by atomic mass is 79.9. The maximum Gasteiger partial charge on any atom is 0.256 e. The molecule has 0 spiro atoms. The smallest absolute Gasteiger partial charge is 0.223 e. The highest BCUT2D eigenvalue weighted by molar-refractivity contribution is 9.10. The first-order valence-electron chi connectivity index (χ1n) is 4.21. The van der Waals surface area contributed by atoms with Crippen molar-refractivity contribution in [3.05, 3.63) is 34.1 Å². The van der Waals surface area contributed by atoms with Crippen molar-refractivity contribution in [2.75, 3.05) is 0 Å². The Hall–Kier alpha value is -0.760. The fourth-order valence-electron chi connectivity index (χ4n) is 1.14. The number of hydrogen-bond donors (Lipinski definition) is 1. The van der Waals surface area contributed by atoms with Crippen molar-refractivity contribution >= 4 is 37.3 Å². The molecule has 4 nitrogen and oxygen atoms in total. The van der Waals surface area contributed by atoms with Crippen molar-refractivity contribution in [3.63, 3.8) is 0 Å². The maximum atomic E-state index is 11.1. The van der Waals surface area contributed by atoms with Crippen LogP contribution in [0.4, 0.5) is 0 Å². The normalized spacial score (nSPS) is 11.6. The number of sulfonamides is 1. The van der Waals surface area contributed by atoms with Crippen LogP contribution in [-0.4, -0.2) is 13.4 Å². The van der Waals surface area contributed by atoms with Crippen LogP contribution in [0.1, 0.15) is 0 Å². The summed E-state index contributed by atoms with van der Waals surface area (Å²) in [5.41, 5.74) is 0.856. The molecule has 0 aliphatic rings. The van der Waals surface area contributed by atoms with Gasteiger partial charge < -0.3 is 0 Å². The van der Waals surface area contributed by atoms with E-state index in [4.69, 9.17) is 5.14 Å². The predicted molar refractivity (Wildman–Crippen MR) is 66.6 cm³/mol. The topological polar surface area (TPSA) is 73.1 Å². The molecule has 2 rings (SSSR count). The molecule has 0 radical (unpaired) electrons. The van der Waals surface area contributed by atoms with Crippen LogP contribution in [0.15, 0.2) is 39.1 Å². The molecule has 2 N–H and O–H groups in total. The van der Waals surface area contributed by atoms with E-state index in [1.165, 1.54) is 16.7 Å². The minimum absolute atomic E-state index is 0.0903. The van der Waals surface area contributed by atoms with E-state index in [1.54, 1.807) is 0 Å². The second kappa shape index (κ2) is 4.25.